The van der Waals surface area contributed by atoms with Crippen molar-refractivity contribution in [3.05, 3.63) is 114 Å². The van der Waals surface area contributed by atoms with E-state index >= 15 is 0 Å². The molecular formula is C31H35N3O2. The van der Waals surface area contributed by atoms with Crippen LogP contribution in [0.3, 0.4) is 0 Å². The number of amides is 1. The molecule has 0 radical (unpaired) electrons. The standard InChI is InChI=1S/C31H35N3O2/c1-31(2,3)28(34(20-13-21-35)30(36)26-18-11-6-12-19-26)29-32-27(25-16-9-5-10-17-25)23-33(29)22-24-14-7-4-8-15-24/h4-12,14-19,23,28,35H,13,20-22H2,1-3H3. The highest BCUT2D eigenvalue weighted by atomic mass is 16.3. The maximum atomic E-state index is 13.9. The van der Waals surface area contributed by atoms with Crippen LogP contribution in [0, 0.1) is 5.41 Å². The molecule has 1 atom stereocenters. The number of benzene rings is 3. The Bertz CT molecular complexity index is 1250. The molecule has 0 bridgehead atoms. The van der Waals surface area contributed by atoms with Gasteiger partial charge in [0.25, 0.3) is 5.91 Å². The fourth-order valence-corrected chi connectivity index (χ4v) is 4.63. The Morgan fingerprint density at radius 1 is 0.917 bits per heavy atom. The van der Waals surface area contributed by atoms with Gasteiger partial charge in [0.1, 0.15) is 5.82 Å². The van der Waals surface area contributed by atoms with Gasteiger partial charge in [0, 0.05) is 37.0 Å². The maximum absolute atomic E-state index is 13.9. The summed E-state index contributed by atoms with van der Waals surface area (Å²) in [6.07, 6.45) is 2.59. The monoisotopic (exact) mass is 481 g/mol. The van der Waals surface area contributed by atoms with Crippen molar-refractivity contribution in [3.8, 4) is 11.3 Å². The third kappa shape index (κ3) is 5.92. The number of carbonyl (C=O) groups excluding carboxylic acids is 1. The number of hydrogen-bond acceptors (Lipinski definition) is 3. The first-order chi connectivity index (χ1) is 17.4. The lowest BCUT2D eigenvalue weighted by atomic mass is 9.84. The zero-order valence-electron chi connectivity index (χ0n) is 21.3. The van der Waals surface area contributed by atoms with Crippen LogP contribution in [0.25, 0.3) is 11.3 Å². The first-order valence-corrected chi connectivity index (χ1v) is 12.5. The highest BCUT2D eigenvalue weighted by molar-refractivity contribution is 5.94. The van der Waals surface area contributed by atoms with Crippen molar-refractivity contribution in [2.45, 2.75) is 39.8 Å². The molecule has 36 heavy (non-hydrogen) atoms. The fraction of sp³-hybridized carbons (Fsp3) is 0.290. The first-order valence-electron chi connectivity index (χ1n) is 12.5. The third-order valence-electron chi connectivity index (χ3n) is 6.29. The van der Waals surface area contributed by atoms with E-state index in [1.165, 1.54) is 5.56 Å². The molecule has 1 aromatic heterocycles. The zero-order valence-corrected chi connectivity index (χ0v) is 21.3. The van der Waals surface area contributed by atoms with Crippen molar-refractivity contribution >= 4 is 5.91 Å². The van der Waals surface area contributed by atoms with Crippen LogP contribution in [-0.4, -0.2) is 38.6 Å². The Labute approximate surface area is 214 Å². The quantitative estimate of drug-likeness (QED) is 0.309. The van der Waals surface area contributed by atoms with E-state index in [9.17, 15) is 9.90 Å². The van der Waals surface area contributed by atoms with E-state index in [4.69, 9.17) is 4.98 Å². The van der Waals surface area contributed by atoms with Crippen molar-refractivity contribution in [2.75, 3.05) is 13.2 Å². The number of carbonyl (C=O) groups is 1. The molecule has 0 saturated carbocycles. The molecule has 0 spiro atoms. The lowest BCUT2D eigenvalue weighted by Gasteiger charge is -2.40. The fourth-order valence-electron chi connectivity index (χ4n) is 4.63. The van der Waals surface area contributed by atoms with Gasteiger partial charge in [0.2, 0.25) is 0 Å². The van der Waals surface area contributed by atoms with Crippen LogP contribution in [0.5, 0.6) is 0 Å². The Morgan fingerprint density at radius 2 is 1.50 bits per heavy atom. The Kier molecular flexibility index (Phi) is 8.01. The number of aromatic nitrogens is 2. The summed E-state index contributed by atoms with van der Waals surface area (Å²) in [5, 5.41) is 9.67. The van der Waals surface area contributed by atoms with Crippen molar-refractivity contribution in [1.29, 1.82) is 0 Å². The van der Waals surface area contributed by atoms with E-state index < -0.39 is 0 Å². The van der Waals surface area contributed by atoms with E-state index in [0.29, 0.717) is 25.1 Å². The molecule has 5 heteroatoms. The molecule has 0 fully saturated rings. The van der Waals surface area contributed by atoms with Crippen molar-refractivity contribution < 1.29 is 9.90 Å². The molecule has 1 N–H and O–H groups in total. The maximum Gasteiger partial charge on any atom is 0.254 e. The van der Waals surface area contributed by atoms with Gasteiger partial charge in [-0.2, -0.15) is 0 Å². The van der Waals surface area contributed by atoms with Crippen molar-refractivity contribution in [3.63, 3.8) is 0 Å². The Balaban J connectivity index is 1.86. The summed E-state index contributed by atoms with van der Waals surface area (Å²) in [7, 11) is 0. The van der Waals surface area contributed by atoms with Crippen LogP contribution < -0.4 is 0 Å². The predicted octanol–water partition coefficient (Wildman–Crippen LogP) is 6.21. The topological polar surface area (TPSA) is 58.4 Å². The molecule has 3 aromatic carbocycles. The van der Waals surface area contributed by atoms with Crippen LogP contribution in [0.4, 0.5) is 0 Å². The van der Waals surface area contributed by atoms with Gasteiger partial charge in [-0.15, -0.1) is 0 Å². The van der Waals surface area contributed by atoms with E-state index in [0.717, 1.165) is 17.1 Å². The highest BCUT2D eigenvalue weighted by Gasteiger charge is 2.38. The van der Waals surface area contributed by atoms with Crippen LogP contribution in [0.1, 0.15) is 55.0 Å². The van der Waals surface area contributed by atoms with Gasteiger partial charge in [-0.25, -0.2) is 4.98 Å². The van der Waals surface area contributed by atoms with Gasteiger partial charge in [-0.05, 0) is 29.5 Å². The lowest BCUT2D eigenvalue weighted by Crippen LogP contribution is -2.43. The summed E-state index contributed by atoms with van der Waals surface area (Å²) >= 11 is 0. The second-order valence-corrected chi connectivity index (χ2v) is 10.2. The number of hydrogen-bond donors (Lipinski definition) is 1. The normalized spacial score (nSPS) is 12.3. The van der Waals surface area contributed by atoms with Crippen molar-refractivity contribution in [2.24, 2.45) is 5.41 Å². The molecule has 1 heterocycles. The summed E-state index contributed by atoms with van der Waals surface area (Å²) in [6, 6.07) is 29.5. The molecule has 1 unspecified atom stereocenters. The molecule has 1 amide bonds. The molecule has 5 nitrogen and oxygen atoms in total. The van der Waals surface area contributed by atoms with Gasteiger partial charge >= 0.3 is 0 Å². The summed E-state index contributed by atoms with van der Waals surface area (Å²) in [5.41, 5.74) is 3.40. The number of nitrogens with zero attached hydrogens (tertiary/aromatic N) is 3. The molecule has 0 saturated heterocycles. The summed E-state index contributed by atoms with van der Waals surface area (Å²) in [6.45, 7) is 7.53. The third-order valence-corrected chi connectivity index (χ3v) is 6.29. The molecule has 186 valence electrons. The van der Waals surface area contributed by atoms with Crippen LogP contribution in [-0.2, 0) is 6.54 Å². The van der Waals surface area contributed by atoms with Gasteiger partial charge < -0.3 is 14.6 Å². The van der Waals surface area contributed by atoms with E-state index in [2.05, 4.69) is 55.8 Å². The minimum Gasteiger partial charge on any atom is -0.396 e. The second kappa shape index (κ2) is 11.4. The minimum absolute atomic E-state index is 0.0170. The van der Waals surface area contributed by atoms with Gasteiger partial charge in [0.15, 0.2) is 0 Å². The SMILES string of the molecule is CC(C)(C)C(c1nc(-c2ccccc2)cn1Cc1ccccc1)N(CCCO)C(=O)c1ccccc1. The van der Waals surface area contributed by atoms with Gasteiger partial charge in [0.05, 0.1) is 11.7 Å². The van der Waals surface area contributed by atoms with Crippen LogP contribution in [0.15, 0.2) is 97.2 Å². The molecule has 4 aromatic rings. The summed E-state index contributed by atoms with van der Waals surface area (Å²) in [4.78, 5) is 20.9. The van der Waals surface area contributed by atoms with E-state index in [1.54, 1.807) is 0 Å². The predicted molar refractivity (Wildman–Crippen MR) is 145 cm³/mol. The molecule has 0 aliphatic rings. The van der Waals surface area contributed by atoms with Crippen LogP contribution >= 0.6 is 0 Å². The highest BCUT2D eigenvalue weighted by Crippen LogP contribution is 2.39. The zero-order chi connectivity index (χ0) is 25.5. The molecule has 0 aliphatic heterocycles. The average Bonchev–Trinajstić information content (AvgIpc) is 3.29. The number of aliphatic hydroxyl groups excluding tert-OH is 1. The van der Waals surface area contributed by atoms with Crippen molar-refractivity contribution in [1.82, 2.24) is 14.5 Å². The van der Waals surface area contributed by atoms with Gasteiger partial charge in [-0.3, -0.25) is 4.79 Å². The van der Waals surface area contributed by atoms with Gasteiger partial charge in [-0.1, -0.05) is 99.6 Å². The first kappa shape index (κ1) is 25.4. The number of imidazole rings is 1. The second-order valence-electron chi connectivity index (χ2n) is 10.2. The van der Waals surface area contributed by atoms with Crippen LogP contribution in [0.2, 0.25) is 0 Å². The molecule has 4 rings (SSSR count). The Morgan fingerprint density at radius 3 is 2.08 bits per heavy atom. The number of aliphatic hydroxyl groups is 1. The average molecular weight is 482 g/mol. The van der Waals surface area contributed by atoms with E-state index in [-0.39, 0.29) is 24.0 Å². The number of rotatable bonds is 9. The summed E-state index contributed by atoms with van der Waals surface area (Å²) in [5.74, 6) is 0.784. The molecule has 0 aliphatic carbocycles. The summed E-state index contributed by atoms with van der Waals surface area (Å²) < 4.78 is 2.18. The molecular weight excluding hydrogens is 446 g/mol. The smallest absolute Gasteiger partial charge is 0.254 e. The lowest BCUT2D eigenvalue weighted by molar-refractivity contribution is 0.0464. The van der Waals surface area contributed by atoms with E-state index in [1.807, 2.05) is 71.6 Å². The largest absolute Gasteiger partial charge is 0.396 e. The Hall–Kier alpha value is -3.70. The minimum atomic E-state index is -0.312.